The van der Waals surface area contributed by atoms with E-state index in [-0.39, 0.29) is 12.3 Å². The highest BCUT2D eigenvalue weighted by Gasteiger charge is 2.29. The van der Waals surface area contributed by atoms with E-state index >= 15 is 0 Å². The van der Waals surface area contributed by atoms with Crippen molar-refractivity contribution in [3.8, 4) is 0 Å². The smallest absolute Gasteiger partial charge is 0.303 e. The zero-order valence-corrected chi connectivity index (χ0v) is 15.1. The largest absolute Gasteiger partial charge is 0.481 e. The van der Waals surface area contributed by atoms with Crippen LogP contribution in [-0.2, 0) is 18.4 Å². The number of likely N-dealkylation sites (tertiary alicyclic amines) is 1. The van der Waals surface area contributed by atoms with Gasteiger partial charge in [-0.2, -0.15) is 5.10 Å². The van der Waals surface area contributed by atoms with Gasteiger partial charge in [-0.05, 0) is 55.8 Å². The van der Waals surface area contributed by atoms with Crippen LogP contribution in [0.2, 0.25) is 0 Å². The highest BCUT2D eigenvalue weighted by Crippen LogP contribution is 2.35. The minimum atomic E-state index is -0.708. The molecule has 3 rings (SSSR count). The number of rotatable bonds is 6. The van der Waals surface area contributed by atoms with Gasteiger partial charge in [-0.1, -0.05) is 30.3 Å². The fourth-order valence-corrected chi connectivity index (χ4v) is 3.98. The van der Waals surface area contributed by atoms with Crippen molar-refractivity contribution in [1.29, 1.82) is 0 Å². The predicted molar refractivity (Wildman–Crippen MR) is 97.4 cm³/mol. The molecule has 25 heavy (non-hydrogen) atoms. The molecule has 5 nitrogen and oxygen atoms in total. The number of aliphatic carboxylic acids is 1. The molecule has 0 radical (unpaired) electrons. The van der Waals surface area contributed by atoms with E-state index in [1.807, 2.05) is 29.9 Å². The maximum Gasteiger partial charge on any atom is 0.303 e. The number of hydrogen-bond acceptors (Lipinski definition) is 3. The summed E-state index contributed by atoms with van der Waals surface area (Å²) in [5.41, 5.74) is 3.53. The highest BCUT2D eigenvalue weighted by molar-refractivity contribution is 5.68. The van der Waals surface area contributed by atoms with Gasteiger partial charge in [-0.3, -0.25) is 14.4 Å². The van der Waals surface area contributed by atoms with Crippen molar-refractivity contribution in [2.75, 3.05) is 13.1 Å². The minimum absolute atomic E-state index is 0.109. The number of benzene rings is 1. The average molecular weight is 341 g/mol. The van der Waals surface area contributed by atoms with Gasteiger partial charge in [-0.25, -0.2) is 0 Å². The summed E-state index contributed by atoms with van der Waals surface area (Å²) in [7, 11) is 1.96. The van der Waals surface area contributed by atoms with Crippen LogP contribution in [0.5, 0.6) is 0 Å². The summed E-state index contributed by atoms with van der Waals surface area (Å²) in [5.74, 6) is -0.169. The number of carboxylic acids is 1. The molecule has 0 spiro atoms. The molecule has 1 unspecified atom stereocenters. The number of carboxylic acid groups (broad SMARTS) is 1. The van der Waals surface area contributed by atoms with Crippen LogP contribution >= 0.6 is 0 Å². The second-order valence-corrected chi connectivity index (χ2v) is 7.16. The summed E-state index contributed by atoms with van der Waals surface area (Å²) in [4.78, 5) is 13.8. The molecule has 2 aromatic rings. The van der Waals surface area contributed by atoms with Gasteiger partial charge in [0.2, 0.25) is 0 Å². The SMILES string of the molecule is Cc1cn(C)nc1CN1CCC(C(CC(=O)O)c2ccccc2)CC1. The molecule has 1 aliphatic rings. The van der Waals surface area contributed by atoms with E-state index in [0.717, 1.165) is 43.7 Å². The lowest BCUT2D eigenvalue weighted by molar-refractivity contribution is -0.137. The molecule has 1 N–H and O–H groups in total. The third-order valence-electron chi connectivity index (χ3n) is 5.31. The van der Waals surface area contributed by atoms with Crippen LogP contribution in [0.25, 0.3) is 0 Å². The van der Waals surface area contributed by atoms with Gasteiger partial charge < -0.3 is 5.11 Å². The Morgan fingerprint density at radius 3 is 2.52 bits per heavy atom. The molecule has 5 heteroatoms. The maximum absolute atomic E-state index is 11.3. The standard InChI is InChI=1S/C20H27N3O2/c1-15-13-22(2)21-19(15)14-23-10-8-17(9-11-23)18(12-20(24)25)16-6-4-3-5-7-16/h3-7,13,17-18H,8-12,14H2,1-2H3,(H,24,25). The van der Waals surface area contributed by atoms with E-state index < -0.39 is 5.97 Å². The van der Waals surface area contributed by atoms with Gasteiger partial charge in [0.1, 0.15) is 0 Å². The highest BCUT2D eigenvalue weighted by atomic mass is 16.4. The van der Waals surface area contributed by atoms with Crippen molar-refractivity contribution in [2.24, 2.45) is 13.0 Å². The zero-order chi connectivity index (χ0) is 17.8. The monoisotopic (exact) mass is 341 g/mol. The predicted octanol–water partition coefficient (Wildman–Crippen LogP) is 3.20. The van der Waals surface area contributed by atoms with Crippen molar-refractivity contribution >= 4 is 5.97 Å². The Labute approximate surface area is 149 Å². The lowest BCUT2D eigenvalue weighted by Crippen LogP contribution is -2.36. The van der Waals surface area contributed by atoms with E-state index in [0.29, 0.717) is 5.92 Å². The van der Waals surface area contributed by atoms with E-state index in [2.05, 4.69) is 35.3 Å². The van der Waals surface area contributed by atoms with Crippen LogP contribution in [0, 0.1) is 12.8 Å². The summed E-state index contributed by atoms with van der Waals surface area (Å²) in [5, 5.41) is 13.9. The molecule has 2 heterocycles. The molecular weight excluding hydrogens is 314 g/mol. The maximum atomic E-state index is 11.3. The summed E-state index contributed by atoms with van der Waals surface area (Å²) < 4.78 is 1.87. The first-order chi connectivity index (χ1) is 12.0. The van der Waals surface area contributed by atoms with E-state index in [9.17, 15) is 9.90 Å². The molecule has 1 aromatic carbocycles. The first-order valence-corrected chi connectivity index (χ1v) is 9.01. The summed E-state index contributed by atoms with van der Waals surface area (Å²) in [6.45, 7) is 5.00. The quantitative estimate of drug-likeness (QED) is 0.876. The molecule has 1 aliphatic heterocycles. The van der Waals surface area contributed by atoms with Crippen LogP contribution in [0.3, 0.4) is 0 Å². The molecule has 0 bridgehead atoms. The average Bonchev–Trinajstić information content (AvgIpc) is 2.91. The minimum Gasteiger partial charge on any atom is -0.481 e. The van der Waals surface area contributed by atoms with Gasteiger partial charge in [0.05, 0.1) is 12.1 Å². The van der Waals surface area contributed by atoms with Crippen molar-refractivity contribution < 1.29 is 9.90 Å². The third-order valence-corrected chi connectivity index (χ3v) is 5.31. The molecular formula is C20H27N3O2. The van der Waals surface area contributed by atoms with Crippen LogP contribution < -0.4 is 0 Å². The van der Waals surface area contributed by atoms with Crippen LogP contribution in [0.4, 0.5) is 0 Å². The molecule has 1 fully saturated rings. The Hall–Kier alpha value is -2.14. The third kappa shape index (κ3) is 4.48. The Morgan fingerprint density at radius 1 is 1.28 bits per heavy atom. The Balaban J connectivity index is 1.63. The van der Waals surface area contributed by atoms with Crippen LogP contribution in [0.1, 0.15) is 42.0 Å². The molecule has 0 amide bonds. The second kappa shape index (κ2) is 7.83. The van der Waals surface area contributed by atoms with Crippen LogP contribution in [-0.4, -0.2) is 38.8 Å². The van der Waals surface area contributed by atoms with E-state index in [1.54, 1.807) is 0 Å². The molecule has 0 saturated carbocycles. The first kappa shape index (κ1) is 17.7. The van der Waals surface area contributed by atoms with E-state index in [1.165, 1.54) is 5.56 Å². The summed E-state index contributed by atoms with van der Waals surface area (Å²) in [6.07, 6.45) is 4.35. The number of carbonyl (C=O) groups is 1. The lowest BCUT2D eigenvalue weighted by atomic mass is 9.78. The van der Waals surface area contributed by atoms with Crippen LogP contribution in [0.15, 0.2) is 36.5 Å². The fourth-order valence-electron chi connectivity index (χ4n) is 3.98. The zero-order valence-electron chi connectivity index (χ0n) is 15.1. The van der Waals surface area contributed by atoms with Gasteiger partial charge in [0.15, 0.2) is 0 Å². The van der Waals surface area contributed by atoms with Crippen molar-refractivity contribution in [3.05, 3.63) is 53.3 Å². The van der Waals surface area contributed by atoms with Gasteiger partial charge in [-0.15, -0.1) is 0 Å². The summed E-state index contributed by atoms with van der Waals surface area (Å²) in [6, 6.07) is 10.1. The number of nitrogens with zero attached hydrogens (tertiary/aromatic N) is 3. The van der Waals surface area contributed by atoms with Gasteiger partial charge in [0, 0.05) is 19.8 Å². The Morgan fingerprint density at radius 2 is 1.96 bits per heavy atom. The number of hydrogen-bond donors (Lipinski definition) is 1. The van der Waals surface area contributed by atoms with Crippen molar-refractivity contribution in [3.63, 3.8) is 0 Å². The molecule has 1 atom stereocenters. The van der Waals surface area contributed by atoms with Crippen molar-refractivity contribution in [2.45, 2.75) is 38.6 Å². The second-order valence-electron chi connectivity index (χ2n) is 7.16. The molecule has 0 aliphatic carbocycles. The van der Waals surface area contributed by atoms with E-state index in [4.69, 9.17) is 0 Å². The Kier molecular flexibility index (Phi) is 5.53. The van der Waals surface area contributed by atoms with Crippen molar-refractivity contribution in [1.82, 2.24) is 14.7 Å². The van der Waals surface area contributed by atoms with Gasteiger partial charge >= 0.3 is 5.97 Å². The summed E-state index contributed by atoms with van der Waals surface area (Å²) >= 11 is 0. The normalized spacial score (nSPS) is 17.5. The molecule has 1 saturated heterocycles. The fraction of sp³-hybridized carbons (Fsp3) is 0.500. The molecule has 134 valence electrons. The Bertz CT molecular complexity index is 703. The number of aromatic nitrogens is 2. The number of piperidine rings is 1. The molecule has 1 aromatic heterocycles. The topological polar surface area (TPSA) is 58.4 Å². The first-order valence-electron chi connectivity index (χ1n) is 9.01. The number of aryl methyl sites for hydroxylation is 2. The lowest BCUT2D eigenvalue weighted by Gasteiger charge is -2.35. The van der Waals surface area contributed by atoms with Gasteiger partial charge in [0.25, 0.3) is 0 Å².